The third kappa shape index (κ3) is 3.95. The van der Waals surface area contributed by atoms with E-state index in [-0.39, 0.29) is 0 Å². The van der Waals surface area contributed by atoms with Crippen molar-refractivity contribution in [1.29, 1.82) is 0 Å². The number of hydrazine groups is 1. The number of rotatable bonds is 2. The molecular formula is C16H31N3. The summed E-state index contributed by atoms with van der Waals surface area (Å²) in [6, 6.07) is 0.506. The van der Waals surface area contributed by atoms with Crippen molar-refractivity contribution in [3.8, 4) is 0 Å². The Morgan fingerprint density at radius 3 is 2.21 bits per heavy atom. The van der Waals surface area contributed by atoms with E-state index in [0.717, 1.165) is 5.84 Å². The number of amidine groups is 1. The first kappa shape index (κ1) is 14.8. The maximum Gasteiger partial charge on any atom is 0.114 e. The molecule has 0 bridgehead atoms. The fourth-order valence-electron chi connectivity index (χ4n) is 3.81. The molecule has 0 heterocycles. The second-order valence-corrected chi connectivity index (χ2v) is 7.09. The predicted molar refractivity (Wildman–Crippen MR) is 82.0 cm³/mol. The number of nitrogens with two attached hydrogens (primary N) is 1. The van der Waals surface area contributed by atoms with Gasteiger partial charge in [-0.15, -0.1) is 0 Å². The molecule has 2 fully saturated rings. The molecule has 0 saturated heterocycles. The first-order chi connectivity index (χ1) is 9.13. The van der Waals surface area contributed by atoms with Crippen LogP contribution in [0.4, 0.5) is 0 Å². The molecule has 0 radical (unpaired) electrons. The van der Waals surface area contributed by atoms with E-state index in [1.54, 1.807) is 0 Å². The topological polar surface area (TPSA) is 50.4 Å². The van der Waals surface area contributed by atoms with Crippen LogP contribution in [0.3, 0.4) is 0 Å². The summed E-state index contributed by atoms with van der Waals surface area (Å²) in [5.74, 6) is 7.40. The zero-order valence-corrected chi connectivity index (χ0v) is 12.8. The largest absolute Gasteiger partial charge is 0.312 e. The second-order valence-electron chi connectivity index (χ2n) is 7.09. The highest BCUT2D eigenvalue weighted by Gasteiger charge is 2.35. The maximum atomic E-state index is 5.80. The average molecular weight is 265 g/mol. The van der Waals surface area contributed by atoms with Gasteiger partial charge >= 0.3 is 0 Å². The first-order valence-electron chi connectivity index (χ1n) is 8.18. The van der Waals surface area contributed by atoms with Crippen molar-refractivity contribution >= 4 is 5.84 Å². The summed E-state index contributed by atoms with van der Waals surface area (Å²) in [5, 5.41) is 0. The normalized spacial score (nSPS) is 29.8. The van der Waals surface area contributed by atoms with Gasteiger partial charge in [0.25, 0.3) is 0 Å². The van der Waals surface area contributed by atoms with Gasteiger partial charge in [0.05, 0.1) is 6.04 Å². The van der Waals surface area contributed by atoms with Crippen LogP contribution in [-0.2, 0) is 0 Å². The molecule has 0 amide bonds. The summed E-state index contributed by atoms with van der Waals surface area (Å²) in [5.41, 5.74) is 3.29. The van der Waals surface area contributed by atoms with Crippen LogP contribution in [0.15, 0.2) is 4.99 Å². The van der Waals surface area contributed by atoms with Crippen molar-refractivity contribution in [2.45, 2.75) is 84.1 Å². The van der Waals surface area contributed by atoms with E-state index in [0.29, 0.717) is 17.4 Å². The lowest BCUT2D eigenvalue weighted by Crippen LogP contribution is -2.44. The standard InChI is InChI=1S/C16H31N3/c1-16(2)12-8-7-11-14(16)15(19-17)18-13-9-5-3-4-6-10-13/h13-14H,3-12,17H2,1-2H3,(H,18,19). The number of nitrogens with one attached hydrogen (secondary N) is 1. The Morgan fingerprint density at radius 2 is 1.63 bits per heavy atom. The van der Waals surface area contributed by atoms with E-state index < -0.39 is 0 Å². The van der Waals surface area contributed by atoms with Crippen molar-refractivity contribution in [1.82, 2.24) is 5.43 Å². The molecular weight excluding hydrogens is 234 g/mol. The predicted octanol–water partition coefficient (Wildman–Crippen LogP) is 3.79. The van der Waals surface area contributed by atoms with E-state index in [1.807, 2.05) is 0 Å². The van der Waals surface area contributed by atoms with Crippen LogP contribution in [0, 0.1) is 11.3 Å². The zero-order chi connectivity index (χ0) is 13.7. The fraction of sp³-hybridized carbons (Fsp3) is 0.938. The number of hydrogen-bond acceptors (Lipinski definition) is 2. The number of hydrogen-bond donors (Lipinski definition) is 2. The van der Waals surface area contributed by atoms with Gasteiger partial charge in [0.1, 0.15) is 5.84 Å². The van der Waals surface area contributed by atoms with Crippen molar-refractivity contribution in [2.75, 3.05) is 0 Å². The van der Waals surface area contributed by atoms with Gasteiger partial charge in [-0.3, -0.25) is 4.99 Å². The minimum Gasteiger partial charge on any atom is -0.312 e. The van der Waals surface area contributed by atoms with Gasteiger partial charge in [-0.05, 0) is 31.1 Å². The Labute approximate surface area is 118 Å². The highest BCUT2D eigenvalue weighted by Crippen LogP contribution is 2.41. The molecule has 0 aliphatic heterocycles. The quantitative estimate of drug-likeness (QED) is 0.262. The summed E-state index contributed by atoms with van der Waals surface area (Å²) in [6.45, 7) is 4.74. The van der Waals surface area contributed by atoms with Gasteiger partial charge in [-0.25, -0.2) is 5.84 Å². The number of aliphatic imine (C=N–C) groups is 1. The van der Waals surface area contributed by atoms with Gasteiger partial charge in [-0.2, -0.15) is 0 Å². The summed E-state index contributed by atoms with van der Waals surface area (Å²) in [7, 11) is 0. The van der Waals surface area contributed by atoms with Crippen molar-refractivity contribution in [2.24, 2.45) is 22.2 Å². The van der Waals surface area contributed by atoms with E-state index >= 15 is 0 Å². The number of nitrogens with zero attached hydrogens (tertiary/aromatic N) is 1. The molecule has 0 aromatic rings. The van der Waals surface area contributed by atoms with Crippen LogP contribution in [0.5, 0.6) is 0 Å². The monoisotopic (exact) mass is 265 g/mol. The van der Waals surface area contributed by atoms with Crippen molar-refractivity contribution < 1.29 is 0 Å². The zero-order valence-electron chi connectivity index (χ0n) is 12.8. The average Bonchev–Trinajstić information content (AvgIpc) is 2.64. The van der Waals surface area contributed by atoms with Crippen LogP contribution in [0.25, 0.3) is 0 Å². The highest BCUT2D eigenvalue weighted by molar-refractivity contribution is 5.85. The minimum atomic E-state index is 0.341. The fourth-order valence-corrected chi connectivity index (χ4v) is 3.81. The van der Waals surface area contributed by atoms with Crippen LogP contribution in [0.2, 0.25) is 0 Å². The van der Waals surface area contributed by atoms with Crippen molar-refractivity contribution in [3.63, 3.8) is 0 Å². The Hall–Kier alpha value is -0.570. The van der Waals surface area contributed by atoms with Gasteiger partial charge in [0, 0.05) is 5.92 Å². The summed E-state index contributed by atoms with van der Waals surface area (Å²) in [6.07, 6.45) is 13.1. The molecule has 2 saturated carbocycles. The second kappa shape index (κ2) is 6.74. The molecule has 110 valence electrons. The SMILES string of the molecule is CC1(C)CCCCC1C(=NC1CCCCCC1)NN. The third-order valence-electron chi connectivity index (χ3n) is 5.13. The lowest BCUT2D eigenvalue weighted by Gasteiger charge is -2.39. The molecule has 3 heteroatoms. The molecule has 3 nitrogen and oxygen atoms in total. The van der Waals surface area contributed by atoms with Gasteiger partial charge < -0.3 is 5.43 Å². The van der Waals surface area contributed by atoms with Crippen LogP contribution >= 0.6 is 0 Å². The van der Waals surface area contributed by atoms with Crippen LogP contribution in [-0.4, -0.2) is 11.9 Å². The Bertz CT molecular complexity index is 301. The molecule has 0 aromatic carbocycles. The van der Waals surface area contributed by atoms with Gasteiger partial charge in [0.2, 0.25) is 0 Å². The Kier molecular flexibility index (Phi) is 5.26. The maximum absolute atomic E-state index is 5.80. The van der Waals surface area contributed by atoms with Crippen LogP contribution < -0.4 is 11.3 Å². The summed E-state index contributed by atoms with van der Waals surface area (Å²) < 4.78 is 0. The Morgan fingerprint density at radius 1 is 1.00 bits per heavy atom. The van der Waals surface area contributed by atoms with E-state index in [1.165, 1.54) is 64.2 Å². The van der Waals surface area contributed by atoms with Crippen LogP contribution in [0.1, 0.15) is 78.1 Å². The first-order valence-corrected chi connectivity index (χ1v) is 8.18. The molecule has 1 unspecified atom stereocenters. The van der Waals surface area contributed by atoms with Crippen molar-refractivity contribution in [3.05, 3.63) is 0 Å². The molecule has 2 aliphatic rings. The van der Waals surface area contributed by atoms with Gasteiger partial charge in [0.15, 0.2) is 0 Å². The molecule has 2 rings (SSSR count). The smallest absolute Gasteiger partial charge is 0.114 e. The molecule has 19 heavy (non-hydrogen) atoms. The minimum absolute atomic E-state index is 0.341. The van der Waals surface area contributed by atoms with Gasteiger partial charge in [-0.1, -0.05) is 52.4 Å². The summed E-state index contributed by atoms with van der Waals surface area (Å²) in [4.78, 5) is 5.01. The molecule has 1 atom stereocenters. The molecule has 0 aromatic heterocycles. The molecule has 3 N–H and O–H groups in total. The summed E-state index contributed by atoms with van der Waals surface area (Å²) >= 11 is 0. The Balaban J connectivity index is 2.08. The van der Waals surface area contributed by atoms with E-state index in [9.17, 15) is 0 Å². The van der Waals surface area contributed by atoms with E-state index in [2.05, 4.69) is 19.3 Å². The van der Waals surface area contributed by atoms with E-state index in [4.69, 9.17) is 10.8 Å². The molecule has 2 aliphatic carbocycles. The highest BCUT2D eigenvalue weighted by atomic mass is 15.3. The third-order valence-corrected chi connectivity index (χ3v) is 5.13. The molecule has 0 spiro atoms. The lowest BCUT2D eigenvalue weighted by atomic mass is 9.68. The lowest BCUT2D eigenvalue weighted by molar-refractivity contribution is 0.188.